The van der Waals surface area contributed by atoms with Gasteiger partial charge < -0.3 is 25.1 Å². The van der Waals surface area contributed by atoms with E-state index in [4.69, 9.17) is 38.9 Å². The van der Waals surface area contributed by atoms with E-state index in [9.17, 15) is 0 Å². The van der Waals surface area contributed by atoms with Gasteiger partial charge >= 0.3 is 0 Å². The Balaban J connectivity index is 1.39. The Labute approximate surface area is 325 Å². The Morgan fingerprint density at radius 2 is 1.69 bits per heavy atom. The average Bonchev–Trinajstić information content (AvgIpc) is 3.61. The van der Waals surface area contributed by atoms with E-state index in [1.807, 2.05) is 73.8 Å². The van der Waals surface area contributed by atoms with Gasteiger partial charge in [0.1, 0.15) is 11.4 Å². The lowest BCUT2D eigenvalue weighted by molar-refractivity contribution is 0.0957. The number of aryl methyl sites for hydroxylation is 6. The lowest BCUT2D eigenvalue weighted by atomic mass is 9.98. The van der Waals surface area contributed by atoms with Crippen LogP contribution in [0.4, 0.5) is 5.69 Å². The summed E-state index contributed by atoms with van der Waals surface area (Å²) in [5.41, 5.74) is 16.6. The summed E-state index contributed by atoms with van der Waals surface area (Å²) in [5.74, 6) is 7.07. The van der Waals surface area contributed by atoms with Crippen LogP contribution in [0.15, 0.2) is 59.7 Å². The van der Waals surface area contributed by atoms with E-state index in [1.54, 1.807) is 7.05 Å². The number of fused-ring (bicyclic) bond motifs is 4. The smallest absolute Gasteiger partial charge is 0.275 e. The number of amidine groups is 1. The number of hydrazone groups is 1. The molecule has 4 N–H and O–H groups in total. The molecule has 0 aliphatic carbocycles. The van der Waals surface area contributed by atoms with E-state index in [0.717, 1.165) is 88.5 Å². The number of hydrazine groups is 1. The second-order valence-corrected chi connectivity index (χ2v) is 15.0. The molecule has 0 bridgehead atoms. The van der Waals surface area contributed by atoms with Gasteiger partial charge in [-0.05, 0) is 112 Å². The van der Waals surface area contributed by atoms with E-state index in [1.165, 1.54) is 0 Å². The fraction of sp³-hybridized carbons (Fsp3) is 0.310. The van der Waals surface area contributed by atoms with Crippen LogP contribution in [0.2, 0.25) is 10.0 Å². The number of ether oxygens (including phenoxy) is 1. The number of carbonyl (C=O) groups excluding carboxylic acids is 1. The number of hydrogen-bond donors (Lipinski definition) is 3. The highest BCUT2D eigenvalue weighted by Crippen LogP contribution is 2.45. The number of carbonyl (C=O) groups is 1. The highest BCUT2D eigenvalue weighted by molar-refractivity contribution is 6.35. The maximum atomic E-state index is 15.2. The fourth-order valence-electron chi connectivity index (χ4n) is 8.10. The Hall–Kier alpha value is -5.03. The predicted octanol–water partition coefficient (Wildman–Crippen LogP) is 8.62. The summed E-state index contributed by atoms with van der Waals surface area (Å²) >= 11 is 13.6. The van der Waals surface area contributed by atoms with Crippen molar-refractivity contribution in [3.63, 3.8) is 0 Å². The molecule has 54 heavy (non-hydrogen) atoms. The summed E-state index contributed by atoms with van der Waals surface area (Å²) in [7, 11) is 3.67. The van der Waals surface area contributed by atoms with E-state index >= 15 is 4.79 Å². The molecule has 0 radical (unpaired) electrons. The highest BCUT2D eigenvalue weighted by atomic mass is 35.5. The van der Waals surface area contributed by atoms with E-state index in [2.05, 4.69) is 59.5 Å². The summed E-state index contributed by atoms with van der Waals surface area (Å²) in [4.78, 5) is 17.2. The van der Waals surface area contributed by atoms with Gasteiger partial charge in [0.25, 0.3) is 5.91 Å². The minimum atomic E-state index is -0.0913. The zero-order valence-corrected chi connectivity index (χ0v) is 33.5. The molecule has 1 amide bonds. The molecule has 1 aliphatic heterocycles. The zero-order chi connectivity index (χ0) is 38.6. The maximum Gasteiger partial charge on any atom is 0.275 e. The first kappa shape index (κ1) is 37.3. The van der Waals surface area contributed by atoms with Crippen molar-refractivity contribution in [2.45, 2.75) is 60.4 Å². The second-order valence-electron chi connectivity index (χ2n) is 14.3. The molecule has 2 aromatic heterocycles. The Bertz CT molecular complexity index is 2480. The van der Waals surface area contributed by atoms with Gasteiger partial charge in [-0.3, -0.25) is 9.48 Å². The van der Waals surface area contributed by atoms with Crippen LogP contribution in [0.1, 0.15) is 69.1 Å². The number of anilines is 1. The molecule has 3 heterocycles. The van der Waals surface area contributed by atoms with Crippen LogP contribution < -0.4 is 26.3 Å². The topological polar surface area (TPSA) is 115 Å². The van der Waals surface area contributed by atoms with Crippen LogP contribution in [0, 0.1) is 34.6 Å². The van der Waals surface area contributed by atoms with Crippen molar-refractivity contribution in [3.05, 3.63) is 110 Å². The third kappa shape index (κ3) is 6.26. The van der Waals surface area contributed by atoms with Crippen LogP contribution in [0.5, 0.6) is 5.75 Å². The zero-order valence-electron chi connectivity index (χ0n) is 32.0. The maximum absolute atomic E-state index is 15.2. The molecule has 1 atom stereocenters. The molecule has 1 aliphatic rings. The SMILES string of the molecule is CN/N=C(\NN)c1ccc2c(C)ccc(N3C[C@@H](C)n4c(c(CCCOc5cc(C)c(Cl)c(C)c5)c5ccc(Cl)c(-c6c(C)nn(C)c6C)c54)C3=O)c2c1. The van der Waals surface area contributed by atoms with Crippen molar-refractivity contribution in [1.29, 1.82) is 0 Å². The molecule has 12 heteroatoms. The van der Waals surface area contributed by atoms with Crippen LogP contribution in [-0.4, -0.2) is 46.3 Å². The molecule has 0 saturated carbocycles. The van der Waals surface area contributed by atoms with Gasteiger partial charge in [0.15, 0.2) is 5.84 Å². The van der Waals surface area contributed by atoms with Crippen molar-refractivity contribution in [2.24, 2.45) is 18.0 Å². The van der Waals surface area contributed by atoms with Crippen molar-refractivity contribution < 1.29 is 9.53 Å². The van der Waals surface area contributed by atoms with Crippen LogP contribution in [-0.2, 0) is 13.5 Å². The van der Waals surface area contributed by atoms with Gasteiger partial charge in [-0.25, -0.2) is 5.84 Å². The standard InChI is InChI=1S/C42H46Cl2N8O2/c1-22-11-16-35(33-20-28(12-13-30(22)33)41(47-45)48-46-7)51-21-25(4)52-39-32(14-15-34(43)37(39)36-26(5)49-50(8)27(36)6)31(40(52)42(51)53)10-9-17-54-29-18-23(2)38(44)24(3)19-29/h11-16,18-20,25,46H,9-10,17,21,45H2,1-8H3,(H,47,48)/t25-/m1/s1. The van der Waals surface area contributed by atoms with E-state index < -0.39 is 0 Å². The summed E-state index contributed by atoms with van der Waals surface area (Å²) in [5, 5.41) is 13.4. The van der Waals surface area contributed by atoms with Crippen LogP contribution in [0.3, 0.4) is 0 Å². The van der Waals surface area contributed by atoms with Crippen molar-refractivity contribution >= 4 is 62.3 Å². The summed E-state index contributed by atoms with van der Waals surface area (Å²) in [6, 6.07) is 18.1. The molecule has 4 aromatic carbocycles. The summed E-state index contributed by atoms with van der Waals surface area (Å²) in [6.45, 7) is 13.2. The Kier molecular flexibility index (Phi) is 10.1. The number of rotatable bonds is 9. The van der Waals surface area contributed by atoms with Gasteiger partial charge in [-0.2, -0.15) is 10.2 Å². The Morgan fingerprint density at radius 3 is 2.35 bits per heavy atom. The number of nitrogens with zero attached hydrogens (tertiary/aromatic N) is 5. The minimum absolute atomic E-state index is 0.0671. The lowest BCUT2D eigenvalue weighted by Gasteiger charge is -2.35. The van der Waals surface area contributed by atoms with Crippen molar-refractivity contribution in [2.75, 3.05) is 25.1 Å². The highest BCUT2D eigenvalue weighted by Gasteiger charge is 2.37. The third-order valence-electron chi connectivity index (χ3n) is 10.7. The number of halogens is 2. The number of benzene rings is 4. The molecule has 0 saturated heterocycles. The second kappa shape index (κ2) is 14.7. The van der Waals surface area contributed by atoms with E-state index in [0.29, 0.717) is 42.5 Å². The molecule has 0 spiro atoms. The van der Waals surface area contributed by atoms with Gasteiger partial charge in [-0.1, -0.05) is 47.5 Å². The van der Waals surface area contributed by atoms with Crippen LogP contribution >= 0.6 is 23.2 Å². The normalized spacial score (nSPS) is 14.6. The molecule has 0 unspecified atom stereocenters. The lowest BCUT2D eigenvalue weighted by Crippen LogP contribution is -2.42. The number of nitrogens with two attached hydrogens (primary N) is 1. The van der Waals surface area contributed by atoms with Crippen LogP contribution in [0.25, 0.3) is 32.8 Å². The number of aromatic nitrogens is 3. The molecule has 6 aromatic rings. The third-order valence-corrected chi connectivity index (χ3v) is 11.6. The number of hydrogen-bond acceptors (Lipinski definition) is 6. The fourth-order valence-corrected chi connectivity index (χ4v) is 8.45. The first-order valence-electron chi connectivity index (χ1n) is 18.2. The number of amides is 1. The average molecular weight is 766 g/mol. The molecule has 10 nitrogen and oxygen atoms in total. The van der Waals surface area contributed by atoms with Gasteiger partial charge in [0, 0.05) is 64.9 Å². The van der Waals surface area contributed by atoms with Gasteiger partial charge in [-0.15, -0.1) is 0 Å². The molecular formula is C42H46Cl2N8O2. The van der Waals surface area contributed by atoms with Gasteiger partial charge in [0.2, 0.25) is 0 Å². The van der Waals surface area contributed by atoms with Crippen molar-refractivity contribution in [3.8, 4) is 16.9 Å². The van der Waals surface area contributed by atoms with E-state index in [-0.39, 0.29) is 11.9 Å². The number of nitrogens with one attached hydrogen (secondary N) is 2. The molecule has 280 valence electrons. The summed E-state index contributed by atoms with van der Waals surface area (Å²) < 4.78 is 10.4. The molecule has 7 rings (SSSR count). The first-order valence-corrected chi connectivity index (χ1v) is 18.9. The molecular weight excluding hydrogens is 719 g/mol. The Morgan fingerprint density at radius 1 is 0.963 bits per heavy atom. The van der Waals surface area contributed by atoms with Gasteiger partial charge in [0.05, 0.1) is 28.5 Å². The monoisotopic (exact) mass is 764 g/mol. The quantitative estimate of drug-likeness (QED) is 0.0447. The molecule has 0 fully saturated rings. The predicted molar refractivity (Wildman–Crippen MR) is 221 cm³/mol. The largest absolute Gasteiger partial charge is 0.494 e. The minimum Gasteiger partial charge on any atom is -0.494 e. The first-order chi connectivity index (χ1) is 25.9. The summed E-state index contributed by atoms with van der Waals surface area (Å²) in [6.07, 6.45) is 1.31. The van der Waals surface area contributed by atoms with Crippen molar-refractivity contribution in [1.82, 2.24) is 25.2 Å².